The molecule has 2 amide bonds. The van der Waals surface area contributed by atoms with E-state index < -0.39 is 29.7 Å². The smallest absolute Gasteiger partial charge is 0.309 e. The molecular formula is C28H34F2N2O4. The lowest BCUT2D eigenvalue weighted by atomic mass is 9.94. The standard InChI is InChI=1S/C28H34F2N2O4/c1-4-10-32(11-5-2)27(34)21-9-7-8-20(15-21)26(33)31-24(25-16-19(6-3)28(35)36-25)14-18-12-22(29)17-23(30)13-18/h7-9,12-13,15,17,19,24-25H,4-6,10-11,14,16H2,1-3H3,(H,31,33)/t19-,24+,25-/m1/s1. The minimum Gasteiger partial charge on any atom is -0.460 e. The van der Waals surface area contributed by atoms with E-state index in [0.717, 1.165) is 18.9 Å². The van der Waals surface area contributed by atoms with Crippen LogP contribution in [-0.4, -0.2) is 47.9 Å². The molecule has 0 unspecified atom stereocenters. The Bertz CT molecular complexity index is 1060. The van der Waals surface area contributed by atoms with Crippen molar-refractivity contribution in [1.82, 2.24) is 10.2 Å². The lowest BCUT2D eigenvalue weighted by molar-refractivity contribution is -0.145. The van der Waals surface area contributed by atoms with E-state index in [2.05, 4.69) is 5.32 Å². The van der Waals surface area contributed by atoms with Crippen molar-refractivity contribution in [3.05, 3.63) is 70.8 Å². The second-order valence-electron chi connectivity index (χ2n) is 9.25. The third kappa shape index (κ3) is 6.89. The molecule has 36 heavy (non-hydrogen) atoms. The SMILES string of the molecule is CCCN(CCC)C(=O)c1cccc(C(=O)N[C@@H](Cc2cc(F)cc(F)c2)[C@H]2C[C@@H](CC)C(=O)O2)c1. The van der Waals surface area contributed by atoms with Crippen molar-refractivity contribution >= 4 is 17.8 Å². The molecule has 0 radical (unpaired) electrons. The Labute approximate surface area is 211 Å². The van der Waals surface area contributed by atoms with Crippen molar-refractivity contribution in [3.63, 3.8) is 0 Å². The Morgan fingerprint density at radius 2 is 1.67 bits per heavy atom. The Morgan fingerprint density at radius 1 is 1.03 bits per heavy atom. The first kappa shape index (κ1) is 27.3. The van der Waals surface area contributed by atoms with Crippen LogP contribution in [0.5, 0.6) is 0 Å². The normalized spacial score (nSPS) is 18.0. The summed E-state index contributed by atoms with van der Waals surface area (Å²) in [5.41, 5.74) is 1.03. The molecule has 0 saturated carbocycles. The molecule has 0 bridgehead atoms. The molecule has 2 aromatic carbocycles. The predicted octanol–water partition coefficient (Wildman–Crippen LogP) is 4.91. The summed E-state index contributed by atoms with van der Waals surface area (Å²) >= 11 is 0. The summed E-state index contributed by atoms with van der Waals surface area (Å²) in [5.74, 6) is -2.68. The fourth-order valence-electron chi connectivity index (χ4n) is 4.59. The first-order valence-electron chi connectivity index (χ1n) is 12.6. The molecule has 3 atom stereocenters. The van der Waals surface area contributed by atoms with Gasteiger partial charge in [-0.3, -0.25) is 14.4 Å². The number of nitrogens with zero attached hydrogens (tertiary/aromatic N) is 1. The van der Waals surface area contributed by atoms with Crippen molar-refractivity contribution in [2.45, 2.75) is 65.0 Å². The predicted molar refractivity (Wildman–Crippen MR) is 133 cm³/mol. The van der Waals surface area contributed by atoms with Gasteiger partial charge in [-0.15, -0.1) is 0 Å². The van der Waals surface area contributed by atoms with E-state index in [4.69, 9.17) is 4.74 Å². The van der Waals surface area contributed by atoms with E-state index in [1.54, 1.807) is 29.2 Å². The summed E-state index contributed by atoms with van der Waals surface area (Å²) in [6.45, 7) is 7.14. The van der Waals surface area contributed by atoms with Crippen LogP contribution >= 0.6 is 0 Å². The first-order valence-corrected chi connectivity index (χ1v) is 12.6. The Balaban J connectivity index is 1.83. The Morgan fingerprint density at radius 3 is 2.25 bits per heavy atom. The monoisotopic (exact) mass is 500 g/mol. The van der Waals surface area contributed by atoms with Crippen LogP contribution in [-0.2, 0) is 16.0 Å². The number of cyclic esters (lactones) is 1. The third-order valence-electron chi connectivity index (χ3n) is 6.40. The lowest BCUT2D eigenvalue weighted by Gasteiger charge is -2.25. The van der Waals surface area contributed by atoms with Crippen LogP contribution in [0.2, 0.25) is 0 Å². The highest BCUT2D eigenvalue weighted by Crippen LogP contribution is 2.28. The van der Waals surface area contributed by atoms with Gasteiger partial charge >= 0.3 is 5.97 Å². The molecule has 1 heterocycles. The van der Waals surface area contributed by atoms with Crippen molar-refractivity contribution in [2.24, 2.45) is 5.92 Å². The van der Waals surface area contributed by atoms with Crippen LogP contribution < -0.4 is 5.32 Å². The molecule has 6 nitrogen and oxygen atoms in total. The molecular weight excluding hydrogens is 466 g/mol. The van der Waals surface area contributed by atoms with Crippen LogP contribution in [0.1, 0.15) is 72.7 Å². The quantitative estimate of drug-likeness (QED) is 0.445. The van der Waals surface area contributed by atoms with E-state index in [9.17, 15) is 23.2 Å². The second kappa shape index (κ2) is 12.6. The zero-order chi connectivity index (χ0) is 26.2. The van der Waals surface area contributed by atoms with Crippen LogP contribution in [0.15, 0.2) is 42.5 Å². The molecule has 1 fully saturated rings. The van der Waals surface area contributed by atoms with Gasteiger partial charge in [0.25, 0.3) is 11.8 Å². The minimum absolute atomic E-state index is 0.0776. The number of esters is 1. The molecule has 1 N–H and O–H groups in total. The molecule has 0 spiro atoms. The maximum Gasteiger partial charge on any atom is 0.309 e. The summed E-state index contributed by atoms with van der Waals surface area (Å²) in [6.07, 6.45) is 2.10. The van der Waals surface area contributed by atoms with E-state index in [1.165, 1.54) is 12.1 Å². The molecule has 194 valence electrons. The number of rotatable bonds is 11. The van der Waals surface area contributed by atoms with Crippen LogP contribution in [0.4, 0.5) is 8.78 Å². The van der Waals surface area contributed by atoms with Gasteiger partial charge in [-0.25, -0.2) is 8.78 Å². The van der Waals surface area contributed by atoms with E-state index in [1.807, 2.05) is 20.8 Å². The van der Waals surface area contributed by atoms with Crippen molar-refractivity contribution in [2.75, 3.05) is 13.1 Å². The highest BCUT2D eigenvalue weighted by atomic mass is 19.1. The van der Waals surface area contributed by atoms with Gasteiger partial charge in [-0.1, -0.05) is 26.8 Å². The lowest BCUT2D eigenvalue weighted by Crippen LogP contribution is -2.45. The molecule has 1 aliphatic heterocycles. The van der Waals surface area contributed by atoms with E-state index >= 15 is 0 Å². The average Bonchev–Trinajstić information content (AvgIpc) is 3.23. The number of carbonyl (C=O) groups is 3. The maximum atomic E-state index is 13.8. The zero-order valence-electron chi connectivity index (χ0n) is 21.1. The van der Waals surface area contributed by atoms with Crippen molar-refractivity contribution in [3.8, 4) is 0 Å². The summed E-state index contributed by atoms with van der Waals surface area (Å²) in [7, 11) is 0. The van der Waals surface area contributed by atoms with Gasteiger partial charge in [0.15, 0.2) is 0 Å². The largest absolute Gasteiger partial charge is 0.460 e. The molecule has 0 aliphatic carbocycles. The van der Waals surface area contributed by atoms with Gasteiger partial charge < -0.3 is 15.0 Å². The number of nitrogens with one attached hydrogen (secondary N) is 1. The van der Waals surface area contributed by atoms with Crippen LogP contribution in [0.25, 0.3) is 0 Å². The molecule has 8 heteroatoms. The number of amides is 2. The van der Waals surface area contributed by atoms with Crippen LogP contribution in [0.3, 0.4) is 0 Å². The number of halogens is 2. The van der Waals surface area contributed by atoms with E-state index in [-0.39, 0.29) is 29.8 Å². The van der Waals surface area contributed by atoms with Gasteiger partial charge in [-0.2, -0.15) is 0 Å². The van der Waals surface area contributed by atoms with Gasteiger partial charge in [-0.05, 0) is 68.0 Å². The molecule has 0 aromatic heterocycles. The van der Waals surface area contributed by atoms with Gasteiger partial charge in [0.2, 0.25) is 0 Å². The Hall–Kier alpha value is -3.29. The van der Waals surface area contributed by atoms with Crippen molar-refractivity contribution in [1.29, 1.82) is 0 Å². The minimum atomic E-state index is -0.722. The molecule has 1 aliphatic rings. The number of ether oxygens (including phenoxy) is 1. The molecule has 2 aromatic rings. The summed E-state index contributed by atoms with van der Waals surface area (Å²) in [5, 5.41) is 2.89. The van der Waals surface area contributed by atoms with E-state index in [0.29, 0.717) is 37.1 Å². The van der Waals surface area contributed by atoms with Gasteiger partial charge in [0.1, 0.15) is 17.7 Å². The zero-order valence-corrected chi connectivity index (χ0v) is 21.1. The van der Waals surface area contributed by atoms with Crippen LogP contribution in [0, 0.1) is 17.6 Å². The summed E-state index contributed by atoms with van der Waals surface area (Å²) < 4.78 is 33.2. The summed E-state index contributed by atoms with van der Waals surface area (Å²) in [6, 6.07) is 8.96. The highest BCUT2D eigenvalue weighted by molar-refractivity contribution is 5.99. The highest BCUT2D eigenvalue weighted by Gasteiger charge is 2.38. The first-order chi connectivity index (χ1) is 17.2. The number of carbonyl (C=O) groups excluding carboxylic acids is 3. The molecule has 3 rings (SSSR count). The number of benzene rings is 2. The molecule has 1 saturated heterocycles. The second-order valence-corrected chi connectivity index (χ2v) is 9.25. The average molecular weight is 501 g/mol. The summed E-state index contributed by atoms with van der Waals surface area (Å²) in [4.78, 5) is 40.2. The van der Waals surface area contributed by atoms with Gasteiger partial charge in [0, 0.05) is 30.3 Å². The Kier molecular flexibility index (Phi) is 9.56. The topological polar surface area (TPSA) is 75.7 Å². The number of hydrogen-bond acceptors (Lipinski definition) is 4. The van der Waals surface area contributed by atoms with Crippen molar-refractivity contribution < 1.29 is 27.9 Å². The number of hydrogen-bond donors (Lipinski definition) is 1. The van der Waals surface area contributed by atoms with Gasteiger partial charge in [0.05, 0.1) is 12.0 Å². The maximum absolute atomic E-state index is 13.8. The fourth-order valence-corrected chi connectivity index (χ4v) is 4.59. The fraction of sp³-hybridized carbons (Fsp3) is 0.464. The third-order valence-corrected chi connectivity index (χ3v) is 6.40.